The van der Waals surface area contributed by atoms with Crippen LogP contribution in [0, 0.1) is 11.7 Å². The van der Waals surface area contributed by atoms with Gasteiger partial charge in [0.05, 0.1) is 18.3 Å². The van der Waals surface area contributed by atoms with Gasteiger partial charge in [-0.1, -0.05) is 15.9 Å². The van der Waals surface area contributed by atoms with Crippen LogP contribution in [0.2, 0.25) is 0 Å². The molecule has 1 aliphatic rings. The zero-order chi connectivity index (χ0) is 11.7. The van der Waals surface area contributed by atoms with Crippen molar-refractivity contribution in [3.05, 3.63) is 34.1 Å². The van der Waals surface area contributed by atoms with Gasteiger partial charge < -0.3 is 4.74 Å². The predicted molar refractivity (Wildman–Crippen MR) is 62.0 cm³/mol. The summed E-state index contributed by atoms with van der Waals surface area (Å²) in [6.45, 7) is 2.32. The third kappa shape index (κ3) is 2.33. The van der Waals surface area contributed by atoms with Crippen LogP contribution < -0.4 is 0 Å². The maximum absolute atomic E-state index is 13.5. The smallest absolute Gasteiger partial charge is 0.171 e. The second-order valence-electron chi connectivity index (χ2n) is 4.06. The zero-order valence-electron chi connectivity index (χ0n) is 8.87. The number of rotatable bonds is 2. The molecule has 0 radical (unpaired) electrons. The molecule has 1 aromatic rings. The van der Waals surface area contributed by atoms with E-state index in [1.165, 1.54) is 12.1 Å². The molecule has 1 heterocycles. The van der Waals surface area contributed by atoms with Crippen molar-refractivity contribution in [3.8, 4) is 0 Å². The number of Topliss-reactive ketones (excluding diaryl/α,β-unsaturated/α-hetero) is 1. The number of halogens is 2. The molecular weight excluding hydrogens is 275 g/mol. The van der Waals surface area contributed by atoms with E-state index in [0.717, 1.165) is 0 Å². The van der Waals surface area contributed by atoms with Gasteiger partial charge in [-0.15, -0.1) is 0 Å². The highest BCUT2D eigenvalue weighted by Crippen LogP contribution is 2.25. The molecule has 0 amide bonds. The van der Waals surface area contributed by atoms with E-state index < -0.39 is 5.82 Å². The van der Waals surface area contributed by atoms with Crippen molar-refractivity contribution in [1.82, 2.24) is 0 Å². The number of carbonyl (C=O) groups excluding carboxylic acids is 1. The predicted octanol–water partition coefficient (Wildman–Crippen LogP) is 3.20. The molecule has 16 heavy (non-hydrogen) atoms. The Morgan fingerprint density at radius 3 is 2.94 bits per heavy atom. The first-order valence-corrected chi connectivity index (χ1v) is 5.98. The quantitative estimate of drug-likeness (QED) is 0.781. The molecule has 1 aliphatic heterocycles. The molecule has 2 rings (SSSR count). The molecule has 4 heteroatoms. The van der Waals surface area contributed by atoms with E-state index >= 15 is 0 Å². The number of ether oxygens (including phenoxy) is 1. The first kappa shape index (κ1) is 11.7. The fourth-order valence-corrected chi connectivity index (χ4v) is 2.27. The largest absolute Gasteiger partial charge is 0.378 e. The van der Waals surface area contributed by atoms with Gasteiger partial charge in [0.25, 0.3) is 0 Å². The highest BCUT2D eigenvalue weighted by Gasteiger charge is 2.30. The van der Waals surface area contributed by atoms with E-state index in [1.807, 2.05) is 6.92 Å². The summed E-state index contributed by atoms with van der Waals surface area (Å²) < 4.78 is 19.5. The van der Waals surface area contributed by atoms with Crippen LogP contribution in [0.1, 0.15) is 23.7 Å². The molecule has 86 valence electrons. The lowest BCUT2D eigenvalue weighted by Crippen LogP contribution is -2.16. The second kappa shape index (κ2) is 4.63. The van der Waals surface area contributed by atoms with Gasteiger partial charge in [0.2, 0.25) is 0 Å². The normalized spacial score (nSPS) is 24.7. The molecule has 0 spiro atoms. The summed E-state index contributed by atoms with van der Waals surface area (Å²) in [5.74, 6) is -0.838. The Hall–Kier alpha value is -0.740. The average molecular weight is 287 g/mol. The number of carbonyl (C=O) groups is 1. The summed E-state index contributed by atoms with van der Waals surface area (Å²) in [6, 6.07) is 4.41. The van der Waals surface area contributed by atoms with E-state index in [9.17, 15) is 9.18 Å². The summed E-state index contributed by atoms with van der Waals surface area (Å²) in [4.78, 5) is 12.0. The summed E-state index contributed by atoms with van der Waals surface area (Å²) >= 11 is 3.23. The van der Waals surface area contributed by atoms with Gasteiger partial charge in [-0.3, -0.25) is 4.79 Å². The molecule has 0 bridgehead atoms. The lowest BCUT2D eigenvalue weighted by molar-refractivity contribution is 0.0874. The van der Waals surface area contributed by atoms with Gasteiger partial charge in [0.1, 0.15) is 5.82 Å². The number of hydrogen-bond acceptors (Lipinski definition) is 2. The maximum Gasteiger partial charge on any atom is 0.171 e. The standard InChI is InChI=1S/C12H12BrFO2/c1-7-4-8(6-16-7)12(15)10-5-9(13)2-3-11(10)14/h2-3,5,7-8H,4,6H2,1H3. The summed E-state index contributed by atoms with van der Waals surface area (Å²) in [5.41, 5.74) is 0.150. The summed E-state index contributed by atoms with van der Waals surface area (Å²) in [5, 5.41) is 0. The average Bonchev–Trinajstić information content (AvgIpc) is 2.67. The first-order valence-electron chi connectivity index (χ1n) is 5.19. The van der Waals surface area contributed by atoms with Gasteiger partial charge in [0, 0.05) is 10.4 Å². The zero-order valence-corrected chi connectivity index (χ0v) is 10.5. The van der Waals surface area contributed by atoms with Crippen molar-refractivity contribution in [1.29, 1.82) is 0 Å². The van der Waals surface area contributed by atoms with E-state index in [-0.39, 0.29) is 23.4 Å². The van der Waals surface area contributed by atoms with E-state index in [0.29, 0.717) is 17.5 Å². The van der Waals surface area contributed by atoms with Gasteiger partial charge in [0.15, 0.2) is 5.78 Å². The molecule has 0 saturated carbocycles. The number of benzene rings is 1. The Morgan fingerprint density at radius 2 is 2.31 bits per heavy atom. The van der Waals surface area contributed by atoms with Gasteiger partial charge in [-0.25, -0.2) is 4.39 Å². The van der Waals surface area contributed by atoms with Crippen molar-refractivity contribution in [2.75, 3.05) is 6.61 Å². The molecule has 0 aliphatic carbocycles. The minimum absolute atomic E-state index is 0.0872. The van der Waals surface area contributed by atoms with Crippen molar-refractivity contribution >= 4 is 21.7 Å². The summed E-state index contributed by atoms with van der Waals surface area (Å²) in [6.07, 6.45) is 0.759. The monoisotopic (exact) mass is 286 g/mol. The Morgan fingerprint density at radius 1 is 1.56 bits per heavy atom. The Labute approximate surface area is 102 Å². The highest BCUT2D eigenvalue weighted by atomic mass is 79.9. The van der Waals surface area contributed by atoms with E-state index in [4.69, 9.17) is 4.74 Å². The SMILES string of the molecule is CC1CC(C(=O)c2cc(Br)ccc2F)CO1. The summed E-state index contributed by atoms with van der Waals surface area (Å²) in [7, 11) is 0. The molecule has 0 N–H and O–H groups in total. The molecular formula is C12H12BrFO2. The minimum Gasteiger partial charge on any atom is -0.378 e. The topological polar surface area (TPSA) is 26.3 Å². The van der Waals surface area contributed by atoms with Crippen molar-refractivity contribution < 1.29 is 13.9 Å². The van der Waals surface area contributed by atoms with Gasteiger partial charge in [-0.2, -0.15) is 0 Å². The van der Waals surface area contributed by atoms with Gasteiger partial charge in [-0.05, 0) is 31.5 Å². The highest BCUT2D eigenvalue weighted by molar-refractivity contribution is 9.10. The van der Waals surface area contributed by atoms with Crippen molar-refractivity contribution in [2.45, 2.75) is 19.4 Å². The Kier molecular flexibility index (Phi) is 3.40. The maximum atomic E-state index is 13.5. The number of hydrogen-bond donors (Lipinski definition) is 0. The third-order valence-electron chi connectivity index (χ3n) is 2.76. The van der Waals surface area contributed by atoms with Gasteiger partial charge >= 0.3 is 0 Å². The fourth-order valence-electron chi connectivity index (χ4n) is 1.91. The molecule has 1 aromatic carbocycles. The van der Waals surface area contributed by atoms with Crippen LogP contribution in [0.3, 0.4) is 0 Å². The van der Waals surface area contributed by atoms with Crippen LogP contribution in [-0.2, 0) is 4.74 Å². The van der Waals surface area contributed by atoms with Crippen LogP contribution in [-0.4, -0.2) is 18.5 Å². The van der Waals surface area contributed by atoms with Crippen LogP contribution in [0.25, 0.3) is 0 Å². The molecule has 1 saturated heterocycles. The molecule has 0 aromatic heterocycles. The van der Waals surface area contributed by atoms with Crippen molar-refractivity contribution in [2.24, 2.45) is 5.92 Å². The van der Waals surface area contributed by atoms with E-state index in [2.05, 4.69) is 15.9 Å². The second-order valence-corrected chi connectivity index (χ2v) is 4.98. The van der Waals surface area contributed by atoms with Crippen LogP contribution >= 0.6 is 15.9 Å². The molecule has 2 nitrogen and oxygen atoms in total. The lowest BCUT2D eigenvalue weighted by Gasteiger charge is -2.08. The van der Waals surface area contributed by atoms with Crippen LogP contribution in [0.15, 0.2) is 22.7 Å². The minimum atomic E-state index is -0.465. The fraction of sp³-hybridized carbons (Fsp3) is 0.417. The Bertz CT molecular complexity index is 419. The lowest BCUT2D eigenvalue weighted by atomic mass is 9.95. The van der Waals surface area contributed by atoms with E-state index in [1.54, 1.807) is 6.07 Å². The van der Waals surface area contributed by atoms with Crippen LogP contribution in [0.5, 0.6) is 0 Å². The first-order chi connectivity index (χ1) is 7.58. The van der Waals surface area contributed by atoms with Crippen LogP contribution in [0.4, 0.5) is 4.39 Å². The third-order valence-corrected chi connectivity index (χ3v) is 3.26. The van der Waals surface area contributed by atoms with Crippen molar-refractivity contribution in [3.63, 3.8) is 0 Å². The number of ketones is 1. The Balaban J connectivity index is 2.23. The molecule has 2 unspecified atom stereocenters. The molecule has 1 fully saturated rings. The molecule has 2 atom stereocenters.